The summed E-state index contributed by atoms with van der Waals surface area (Å²) in [7, 11) is 1.95. The number of aliphatic imine (C=N–C) groups is 2. The Kier molecular flexibility index (Phi) is 4.95. The van der Waals surface area contributed by atoms with E-state index in [1.165, 1.54) is 0 Å². The Bertz CT molecular complexity index is 1280. The summed E-state index contributed by atoms with van der Waals surface area (Å²) in [6.45, 7) is 5.74. The number of fused-ring (bicyclic) bond motifs is 5. The molecule has 0 saturated carbocycles. The molecule has 2 aromatic carbocycles. The second kappa shape index (κ2) is 7.91. The topological polar surface area (TPSA) is 66.5 Å². The maximum absolute atomic E-state index is 16.1. The molecule has 6 rings (SSSR count). The predicted molar refractivity (Wildman–Crippen MR) is 132 cm³/mol. The molecule has 34 heavy (non-hydrogen) atoms. The number of benzene rings is 2. The molecule has 1 spiro atoms. The highest BCUT2D eigenvalue weighted by atomic mass is 19.1. The zero-order valence-electron chi connectivity index (χ0n) is 19.6. The van der Waals surface area contributed by atoms with Gasteiger partial charge < -0.3 is 19.1 Å². The molecule has 3 aliphatic heterocycles. The minimum atomic E-state index is -0.446. The van der Waals surface area contributed by atoms with Crippen LogP contribution in [0.4, 0.5) is 15.9 Å². The van der Waals surface area contributed by atoms with Gasteiger partial charge in [-0.3, -0.25) is 9.98 Å². The van der Waals surface area contributed by atoms with Gasteiger partial charge in [0.05, 0.1) is 34.7 Å². The fourth-order valence-electron chi connectivity index (χ4n) is 5.99. The van der Waals surface area contributed by atoms with Gasteiger partial charge >= 0.3 is 0 Å². The van der Waals surface area contributed by atoms with Crippen LogP contribution in [0, 0.1) is 11.2 Å². The van der Waals surface area contributed by atoms with Crippen molar-refractivity contribution < 1.29 is 13.7 Å². The average molecular weight is 462 g/mol. The summed E-state index contributed by atoms with van der Waals surface area (Å²) in [5.41, 5.74) is 2.40. The Morgan fingerprint density at radius 2 is 1.94 bits per heavy atom. The molecule has 1 fully saturated rings. The highest BCUT2D eigenvalue weighted by molar-refractivity contribution is 5.97. The maximum Gasteiger partial charge on any atom is 0.206 e. The largest absolute Gasteiger partial charge is 0.372 e. The first-order valence-corrected chi connectivity index (χ1v) is 11.8. The van der Waals surface area contributed by atoms with Crippen molar-refractivity contribution in [3.63, 3.8) is 0 Å². The summed E-state index contributed by atoms with van der Waals surface area (Å²) in [5, 5.41) is 4.96. The van der Waals surface area contributed by atoms with Crippen molar-refractivity contribution in [3.05, 3.63) is 53.3 Å². The van der Waals surface area contributed by atoms with Crippen LogP contribution < -0.4 is 9.80 Å². The Morgan fingerprint density at radius 3 is 2.71 bits per heavy atom. The number of ether oxygens (including phenoxy) is 1. The fourth-order valence-corrected chi connectivity index (χ4v) is 5.99. The van der Waals surface area contributed by atoms with E-state index in [9.17, 15) is 0 Å². The Labute approximate surface area is 197 Å². The van der Waals surface area contributed by atoms with Gasteiger partial charge in [0.25, 0.3) is 0 Å². The van der Waals surface area contributed by atoms with E-state index < -0.39 is 5.41 Å². The lowest BCUT2D eigenvalue weighted by Gasteiger charge is -2.54. The third-order valence-electron chi connectivity index (χ3n) is 7.21. The number of morpholine rings is 1. The minimum Gasteiger partial charge on any atom is -0.372 e. The molecule has 4 heterocycles. The quantitative estimate of drug-likeness (QED) is 0.584. The molecular formula is C26H28FN5O2. The number of hydrogen-bond donors (Lipinski definition) is 0. The molecule has 0 bridgehead atoms. The molecule has 0 aliphatic carbocycles. The molecule has 3 atom stereocenters. The number of hydrogen-bond acceptors (Lipinski definition) is 7. The fraction of sp³-hybridized carbons (Fsp3) is 0.423. The predicted octanol–water partition coefficient (Wildman–Crippen LogP) is 4.24. The lowest BCUT2D eigenvalue weighted by atomic mass is 9.69. The number of nitrogens with zero attached hydrogens (tertiary/aromatic N) is 5. The molecule has 1 aromatic heterocycles. The Morgan fingerprint density at radius 1 is 1.18 bits per heavy atom. The van der Waals surface area contributed by atoms with Crippen LogP contribution in [0.5, 0.6) is 0 Å². The van der Waals surface area contributed by atoms with Gasteiger partial charge in [-0.1, -0.05) is 35.5 Å². The summed E-state index contributed by atoms with van der Waals surface area (Å²) in [5.74, 6) is 0.275. The summed E-state index contributed by atoms with van der Waals surface area (Å²) >= 11 is 0. The normalized spacial score (nSPS) is 24.9. The molecule has 0 radical (unpaired) electrons. The smallest absolute Gasteiger partial charge is 0.206 e. The first-order valence-electron chi connectivity index (χ1n) is 11.8. The maximum atomic E-state index is 16.1. The van der Waals surface area contributed by atoms with Crippen LogP contribution in [0.3, 0.4) is 0 Å². The van der Waals surface area contributed by atoms with Crippen LogP contribution >= 0.6 is 0 Å². The van der Waals surface area contributed by atoms with Crippen molar-refractivity contribution in [2.45, 2.75) is 45.1 Å². The first kappa shape index (κ1) is 21.3. The van der Waals surface area contributed by atoms with Crippen molar-refractivity contribution in [1.29, 1.82) is 0 Å². The van der Waals surface area contributed by atoms with Gasteiger partial charge in [-0.05, 0) is 37.5 Å². The third kappa shape index (κ3) is 3.23. The number of rotatable bonds is 3. The zero-order chi connectivity index (χ0) is 23.4. The SMILES string of the molecule is C[C@H]1CN2c3c(cc4c(N(C)Cc5ccccc5)noc4c3F)CC3(C=NCN=C3)[C@@H]2[C@@H](C)O1. The van der Waals surface area contributed by atoms with Gasteiger partial charge in [0.15, 0.2) is 11.6 Å². The van der Waals surface area contributed by atoms with Gasteiger partial charge in [-0.2, -0.15) is 0 Å². The molecule has 7 nitrogen and oxygen atoms in total. The van der Waals surface area contributed by atoms with E-state index in [4.69, 9.17) is 9.26 Å². The molecule has 1 saturated heterocycles. The molecule has 8 heteroatoms. The third-order valence-corrected chi connectivity index (χ3v) is 7.21. The van der Waals surface area contributed by atoms with E-state index in [1.807, 2.05) is 55.6 Å². The van der Waals surface area contributed by atoms with E-state index in [0.29, 0.717) is 43.1 Å². The van der Waals surface area contributed by atoms with E-state index in [0.717, 1.165) is 11.1 Å². The van der Waals surface area contributed by atoms with Crippen molar-refractivity contribution >= 4 is 34.9 Å². The lowest BCUT2D eigenvalue weighted by Crippen LogP contribution is -2.65. The van der Waals surface area contributed by atoms with Crippen molar-refractivity contribution in [2.75, 3.05) is 30.1 Å². The molecule has 176 valence electrons. The van der Waals surface area contributed by atoms with Gasteiger partial charge in [0, 0.05) is 32.6 Å². The molecule has 0 unspecified atom stereocenters. The van der Waals surface area contributed by atoms with Crippen LogP contribution in [-0.4, -0.2) is 56.1 Å². The molecule has 3 aromatic rings. The van der Waals surface area contributed by atoms with E-state index in [2.05, 4.69) is 39.1 Å². The summed E-state index contributed by atoms with van der Waals surface area (Å²) < 4.78 is 27.9. The molecular weight excluding hydrogens is 433 g/mol. The second-order valence-corrected chi connectivity index (χ2v) is 9.73. The van der Waals surface area contributed by atoms with E-state index >= 15 is 4.39 Å². The first-order chi connectivity index (χ1) is 16.5. The van der Waals surface area contributed by atoms with E-state index in [-0.39, 0.29) is 29.7 Å². The van der Waals surface area contributed by atoms with Crippen LogP contribution in [0.2, 0.25) is 0 Å². The number of aromatic nitrogens is 1. The monoisotopic (exact) mass is 461 g/mol. The van der Waals surface area contributed by atoms with E-state index in [1.54, 1.807) is 0 Å². The molecule has 0 N–H and O–H groups in total. The summed E-state index contributed by atoms with van der Waals surface area (Å²) in [6.07, 6.45) is 4.45. The highest BCUT2D eigenvalue weighted by Gasteiger charge is 2.52. The Hall–Kier alpha value is -3.26. The Balaban J connectivity index is 1.48. The average Bonchev–Trinajstić information content (AvgIpc) is 3.24. The standard InChI is InChI=1S/C26H28FN5O2/c1-16-11-32-22-19(10-26(13-28-15-29-14-26)24(32)17(2)33-16)9-20-23(21(22)27)34-30-25(20)31(3)12-18-7-5-4-6-8-18/h4-9,13-14,16-17,24H,10-12,15H2,1-3H3/t16-,17+,24-/m0/s1. The van der Waals surface area contributed by atoms with Crippen LogP contribution in [0.25, 0.3) is 11.0 Å². The van der Waals surface area contributed by atoms with Crippen molar-refractivity contribution in [1.82, 2.24) is 5.16 Å². The minimum absolute atomic E-state index is 0.0240. The number of anilines is 2. The molecule has 0 amide bonds. The van der Waals surface area contributed by atoms with Gasteiger partial charge in [-0.25, -0.2) is 4.39 Å². The summed E-state index contributed by atoms with van der Waals surface area (Å²) in [6, 6.07) is 12.1. The lowest BCUT2D eigenvalue weighted by molar-refractivity contribution is -0.0432. The highest BCUT2D eigenvalue weighted by Crippen LogP contribution is 2.48. The van der Waals surface area contributed by atoms with Crippen LogP contribution in [0.15, 0.2) is 50.9 Å². The van der Waals surface area contributed by atoms with Crippen molar-refractivity contribution in [2.24, 2.45) is 15.4 Å². The van der Waals surface area contributed by atoms with Gasteiger partial charge in [0.2, 0.25) is 5.58 Å². The van der Waals surface area contributed by atoms with Crippen molar-refractivity contribution in [3.8, 4) is 0 Å². The number of halogens is 1. The zero-order valence-corrected chi connectivity index (χ0v) is 19.6. The van der Waals surface area contributed by atoms with Crippen LogP contribution in [-0.2, 0) is 17.7 Å². The van der Waals surface area contributed by atoms with Crippen LogP contribution in [0.1, 0.15) is 25.0 Å². The van der Waals surface area contributed by atoms with Gasteiger partial charge in [-0.15, -0.1) is 0 Å². The van der Waals surface area contributed by atoms with Gasteiger partial charge in [0.1, 0.15) is 6.67 Å². The second-order valence-electron chi connectivity index (χ2n) is 9.73. The molecule has 3 aliphatic rings. The summed E-state index contributed by atoms with van der Waals surface area (Å²) in [4.78, 5) is 13.1.